The van der Waals surface area contributed by atoms with Gasteiger partial charge in [0.05, 0.1) is 0 Å². The number of halogens is 1. The standard InChI is InChI=1S/C17H19BrN4O/c18-13-6-5-7-14(10-13)21-16-11-15(19-12-20-16)17(23)22-8-3-1-2-4-9-22/h5-7,10-12H,1-4,8-9H2,(H,19,20,21). The lowest BCUT2D eigenvalue weighted by Gasteiger charge is -2.19. The van der Waals surface area contributed by atoms with Gasteiger partial charge in [0.1, 0.15) is 17.8 Å². The van der Waals surface area contributed by atoms with E-state index in [0.717, 1.165) is 36.1 Å². The zero-order valence-electron chi connectivity index (χ0n) is 12.8. The Hall–Kier alpha value is -1.95. The van der Waals surface area contributed by atoms with Crippen LogP contribution in [-0.2, 0) is 0 Å². The molecule has 120 valence electrons. The number of benzene rings is 1. The first-order valence-electron chi connectivity index (χ1n) is 7.86. The van der Waals surface area contributed by atoms with E-state index >= 15 is 0 Å². The summed E-state index contributed by atoms with van der Waals surface area (Å²) in [6.07, 6.45) is 5.97. The van der Waals surface area contributed by atoms with E-state index in [1.165, 1.54) is 19.2 Å². The van der Waals surface area contributed by atoms with E-state index in [4.69, 9.17) is 0 Å². The minimum atomic E-state index is -0.00778. The van der Waals surface area contributed by atoms with Crippen molar-refractivity contribution in [2.45, 2.75) is 25.7 Å². The Balaban J connectivity index is 1.75. The van der Waals surface area contributed by atoms with Crippen LogP contribution in [0.1, 0.15) is 36.2 Å². The van der Waals surface area contributed by atoms with Gasteiger partial charge in [-0.1, -0.05) is 34.8 Å². The normalized spacial score (nSPS) is 15.1. The van der Waals surface area contributed by atoms with Gasteiger partial charge in [-0.05, 0) is 31.0 Å². The molecule has 2 heterocycles. The molecule has 1 aromatic heterocycles. The van der Waals surface area contributed by atoms with Gasteiger partial charge in [-0.3, -0.25) is 4.79 Å². The predicted molar refractivity (Wildman–Crippen MR) is 93.8 cm³/mol. The fourth-order valence-corrected chi connectivity index (χ4v) is 3.09. The molecular weight excluding hydrogens is 356 g/mol. The minimum absolute atomic E-state index is 0.00778. The number of aromatic nitrogens is 2. The van der Waals surface area contributed by atoms with Crippen molar-refractivity contribution >= 4 is 33.3 Å². The maximum absolute atomic E-state index is 12.6. The molecule has 0 radical (unpaired) electrons. The maximum atomic E-state index is 12.6. The van der Waals surface area contributed by atoms with Gasteiger partial charge in [-0.25, -0.2) is 9.97 Å². The molecule has 1 fully saturated rings. The van der Waals surface area contributed by atoms with Gasteiger partial charge in [-0.15, -0.1) is 0 Å². The number of carbonyl (C=O) groups is 1. The molecule has 6 heteroatoms. The first kappa shape index (κ1) is 15.9. The van der Waals surface area contributed by atoms with Crippen LogP contribution in [0.4, 0.5) is 11.5 Å². The van der Waals surface area contributed by atoms with Gasteiger partial charge >= 0.3 is 0 Å². The average Bonchev–Trinajstić information content (AvgIpc) is 2.84. The minimum Gasteiger partial charge on any atom is -0.340 e. The summed E-state index contributed by atoms with van der Waals surface area (Å²) < 4.78 is 0.984. The molecule has 1 aromatic carbocycles. The van der Waals surface area contributed by atoms with Gasteiger partial charge in [0.25, 0.3) is 5.91 Å². The van der Waals surface area contributed by atoms with Crippen molar-refractivity contribution in [3.63, 3.8) is 0 Å². The summed E-state index contributed by atoms with van der Waals surface area (Å²) >= 11 is 3.44. The Morgan fingerprint density at radius 1 is 1.09 bits per heavy atom. The quantitative estimate of drug-likeness (QED) is 0.881. The number of carbonyl (C=O) groups excluding carboxylic acids is 1. The molecule has 0 saturated carbocycles. The van der Waals surface area contributed by atoms with Crippen LogP contribution in [0, 0.1) is 0 Å². The molecule has 1 saturated heterocycles. The second kappa shape index (κ2) is 7.55. The number of amides is 1. The molecule has 0 aliphatic carbocycles. The number of likely N-dealkylation sites (tertiary alicyclic amines) is 1. The molecule has 0 bridgehead atoms. The number of hydrogen-bond acceptors (Lipinski definition) is 4. The van der Waals surface area contributed by atoms with Crippen LogP contribution in [-0.4, -0.2) is 33.9 Å². The van der Waals surface area contributed by atoms with Crippen molar-refractivity contribution in [1.82, 2.24) is 14.9 Å². The molecule has 5 nitrogen and oxygen atoms in total. The molecule has 23 heavy (non-hydrogen) atoms. The zero-order valence-corrected chi connectivity index (χ0v) is 14.4. The number of anilines is 2. The van der Waals surface area contributed by atoms with E-state index in [1.807, 2.05) is 29.2 Å². The number of nitrogens with one attached hydrogen (secondary N) is 1. The Bertz CT molecular complexity index is 684. The fourth-order valence-electron chi connectivity index (χ4n) is 2.69. The van der Waals surface area contributed by atoms with Crippen LogP contribution >= 0.6 is 15.9 Å². The number of rotatable bonds is 3. The fraction of sp³-hybridized carbons (Fsp3) is 0.353. The van der Waals surface area contributed by atoms with Crippen molar-refractivity contribution in [3.8, 4) is 0 Å². The Morgan fingerprint density at radius 2 is 1.87 bits per heavy atom. The lowest BCUT2D eigenvalue weighted by molar-refractivity contribution is 0.0755. The first-order valence-corrected chi connectivity index (χ1v) is 8.65. The molecule has 0 unspecified atom stereocenters. The van der Waals surface area contributed by atoms with Gasteiger partial charge in [0, 0.05) is 29.3 Å². The summed E-state index contributed by atoms with van der Waals surface area (Å²) in [6.45, 7) is 1.63. The third-order valence-electron chi connectivity index (χ3n) is 3.88. The largest absolute Gasteiger partial charge is 0.340 e. The topological polar surface area (TPSA) is 58.1 Å². The molecule has 1 aliphatic rings. The number of nitrogens with zero attached hydrogens (tertiary/aromatic N) is 3. The van der Waals surface area contributed by atoms with Crippen molar-refractivity contribution in [2.75, 3.05) is 18.4 Å². The van der Waals surface area contributed by atoms with Crippen molar-refractivity contribution in [2.24, 2.45) is 0 Å². The molecule has 0 atom stereocenters. The molecular formula is C17H19BrN4O. The van der Waals surface area contributed by atoms with E-state index < -0.39 is 0 Å². The molecule has 1 aliphatic heterocycles. The summed E-state index contributed by atoms with van der Waals surface area (Å²) in [5.41, 5.74) is 1.35. The second-order valence-corrected chi connectivity index (χ2v) is 6.55. The summed E-state index contributed by atoms with van der Waals surface area (Å²) in [4.78, 5) is 22.9. The Kier molecular flexibility index (Phi) is 5.23. The van der Waals surface area contributed by atoms with Gasteiger partial charge in [0.2, 0.25) is 0 Å². The van der Waals surface area contributed by atoms with Crippen molar-refractivity contribution < 1.29 is 4.79 Å². The SMILES string of the molecule is O=C(c1cc(Nc2cccc(Br)c2)ncn1)N1CCCCCC1. The van der Waals surface area contributed by atoms with E-state index in [9.17, 15) is 4.79 Å². The van der Waals surface area contributed by atoms with Crippen LogP contribution in [0.2, 0.25) is 0 Å². The first-order chi connectivity index (χ1) is 11.2. The zero-order chi connectivity index (χ0) is 16.1. The molecule has 0 spiro atoms. The summed E-state index contributed by atoms with van der Waals surface area (Å²) in [7, 11) is 0. The van der Waals surface area contributed by atoms with Gasteiger partial charge in [0.15, 0.2) is 0 Å². The third kappa shape index (κ3) is 4.28. The smallest absolute Gasteiger partial charge is 0.272 e. The molecule has 2 aromatic rings. The maximum Gasteiger partial charge on any atom is 0.272 e. The van der Waals surface area contributed by atoms with Crippen LogP contribution in [0.3, 0.4) is 0 Å². The van der Waals surface area contributed by atoms with Crippen molar-refractivity contribution in [3.05, 3.63) is 46.8 Å². The predicted octanol–water partition coefficient (Wildman–Crippen LogP) is 4.00. The van der Waals surface area contributed by atoms with Gasteiger partial charge in [-0.2, -0.15) is 0 Å². The lowest BCUT2D eigenvalue weighted by atomic mass is 10.2. The van der Waals surface area contributed by atoms with E-state index in [0.29, 0.717) is 11.5 Å². The molecule has 1 amide bonds. The van der Waals surface area contributed by atoms with Crippen LogP contribution in [0.15, 0.2) is 41.1 Å². The van der Waals surface area contributed by atoms with E-state index in [-0.39, 0.29) is 5.91 Å². The van der Waals surface area contributed by atoms with Crippen molar-refractivity contribution in [1.29, 1.82) is 0 Å². The van der Waals surface area contributed by atoms with Crippen LogP contribution in [0.25, 0.3) is 0 Å². The van der Waals surface area contributed by atoms with E-state index in [1.54, 1.807) is 6.07 Å². The van der Waals surface area contributed by atoms with Crippen LogP contribution in [0.5, 0.6) is 0 Å². The van der Waals surface area contributed by atoms with E-state index in [2.05, 4.69) is 31.2 Å². The summed E-state index contributed by atoms with van der Waals surface area (Å²) in [6, 6.07) is 9.52. The lowest BCUT2D eigenvalue weighted by Crippen LogP contribution is -2.32. The third-order valence-corrected chi connectivity index (χ3v) is 4.37. The number of hydrogen-bond donors (Lipinski definition) is 1. The van der Waals surface area contributed by atoms with Gasteiger partial charge < -0.3 is 10.2 Å². The highest BCUT2D eigenvalue weighted by atomic mass is 79.9. The highest BCUT2D eigenvalue weighted by molar-refractivity contribution is 9.10. The summed E-state index contributed by atoms with van der Waals surface area (Å²) in [5.74, 6) is 0.614. The monoisotopic (exact) mass is 374 g/mol. The van der Waals surface area contributed by atoms with Crippen LogP contribution < -0.4 is 5.32 Å². The Labute approximate surface area is 144 Å². The Morgan fingerprint density at radius 3 is 2.61 bits per heavy atom. The molecule has 3 rings (SSSR count). The average molecular weight is 375 g/mol. The highest BCUT2D eigenvalue weighted by Crippen LogP contribution is 2.20. The summed E-state index contributed by atoms with van der Waals surface area (Å²) in [5, 5.41) is 3.20. The molecule has 1 N–H and O–H groups in total. The highest BCUT2D eigenvalue weighted by Gasteiger charge is 2.18. The second-order valence-electron chi connectivity index (χ2n) is 5.63.